The van der Waals surface area contributed by atoms with E-state index in [1.165, 1.54) is 6.07 Å². The van der Waals surface area contributed by atoms with Crippen LogP contribution in [0.15, 0.2) is 42.5 Å². The summed E-state index contributed by atoms with van der Waals surface area (Å²) in [5.74, 6) is 0.381. The molecule has 0 amide bonds. The lowest BCUT2D eigenvalue weighted by molar-refractivity contribution is 0.442. The first-order valence-electron chi connectivity index (χ1n) is 5.67. The Hall–Kier alpha value is -1.96. The smallest absolute Gasteiger partial charge is 0.123 e. The Balaban J connectivity index is 2.44. The lowest BCUT2D eigenvalue weighted by Gasteiger charge is -2.15. The number of phenols is 2. The van der Waals surface area contributed by atoms with Crippen molar-refractivity contribution in [2.45, 2.75) is 19.8 Å². The molecular formula is C15H16O2. The summed E-state index contributed by atoms with van der Waals surface area (Å²) in [6.45, 7) is 3.87. The van der Waals surface area contributed by atoms with Gasteiger partial charge in [0.15, 0.2) is 0 Å². The molecule has 0 aliphatic heterocycles. The Morgan fingerprint density at radius 3 is 2.24 bits per heavy atom. The second-order valence-corrected chi connectivity index (χ2v) is 4.33. The molecule has 0 saturated carbocycles. The second kappa shape index (κ2) is 4.50. The van der Waals surface area contributed by atoms with Gasteiger partial charge in [-0.15, -0.1) is 0 Å². The Morgan fingerprint density at radius 1 is 0.941 bits per heavy atom. The summed E-state index contributed by atoms with van der Waals surface area (Å²) in [6.07, 6.45) is 0. The molecule has 0 radical (unpaired) electrons. The molecule has 1 atom stereocenters. The van der Waals surface area contributed by atoms with Gasteiger partial charge in [0.25, 0.3) is 0 Å². The summed E-state index contributed by atoms with van der Waals surface area (Å²) in [5, 5.41) is 19.4. The van der Waals surface area contributed by atoms with Crippen LogP contribution in [0, 0.1) is 6.92 Å². The zero-order valence-electron chi connectivity index (χ0n) is 10.0. The molecule has 17 heavy (non-hydrogen) atoms. The maximum absolute atomic E-state index is 9.89. The molecule has 0 saturated heterocycles. The first-order chi connectivity index (χ1) is 8.09. The van der Waals surface area contributed by atoms with Crippen LogP contribution in [0.3, 0.4) is 0 Å². The van der Waals surface area contributed by atoms with Crippen molar-refractivity contribution in [1.29, 1.82) is 0 Å². The molecule has 0 heterocycles. The molecular weight excluding hydrogens is 212 g/mol. The minimum atomic E-state index is 0.107. The van der Waals surface area contributed by atoms with Crippen LogP contribution in [0.4, 0.5) is 0 Å². The average Bonchev–Trinajstić information content (AvgIpc) is 2.34. The molecule has 2 nitrogen and oxygen atoms in total. The fourth-order valence-electron chi connectivity index (χ4n) is 1.98. The third-order valence-electron chi connectivity index (χ3n) is 3.11. The molecule has 2 N–H and O–H groups in total. The Labute approximate surface area is 101 Å². The third-order valence-corrected chi connectivity index (χ3v) is 3.11. The molecule has 2 aromatic rings. The van der Waals surface area contributed by atoms with Crippen molar-refractivity contribution in [3.8, 4) is 11.5 Å². The molecule has 0 spiro atoms. The number of aryl methyl sites for hydroxylation is 1. The fourth-order valence-corrected chi connectivity index (χ4v) is 1.98. The predicted octanol–water partition coefficient (Wildman–Crippen LogP) is 3.56. The monoisotopic (exact) mass is 228 g/mol. The van der Waals surface area contributed by atoms with Gasteiger partial charge in [-0.2, -0.15) is 0 Å². The molecule has 0 aliphatic carbocycles. The van der Waals surface area contributed by atoms with Crippen LogP contribution in [-0.4, -0.2) is 10.2 Å². The van der Waals surface area contributed by atoms with Gasteiger partial charge in [-0.05, 0) is 24.1 Å². The van der Waals surface area contributed by atoms with Crippen molar-refractivity contribution in [2.24, 2.45) is 0 Å². The van der Waals surface area contributed by atoms with E-state index in [9.17, 15) is 10.2 Å². The number of hydrogen-bond acceptors (Lipinski definition) is 2. The summed E-state index contributed by atoms with van der Waals surface area (Å²) < 4.78 is 0. The van der Waals surface area contributed by atoms with Crippen LogP contribution in [0.2, 0.25) is 0 Å². The number of hydrogen-bond donors (Lipinski definition) is 2. The van der Waals surface area contributed by atoms with E-state index in [4.69, 9.17) is 0 Å². The van der Waals surface area contributed by atoms with Crippen molar-refractivity contribution < 1.29 is 10.2 Å². The van der Waals surface area contributed by atoms with Crippen molar-refractivity contribution >= 4 is 0 Å². The second-order valence-electron chi connectivity index (χ2n) is 4.33. The highest BCUT2D eigenvalue weighted by Gasteiger charge is 2.14. The zero-order valence-corrected chi connectivity index (χ0v) is 10.0. The normalized spacial score (nSPS) is 12.4. The minimum absolute atomic E-state index is 0.107. The fraction of sp³-hybridized carbons (Fsp3) is 0.200. The van der Waals surface area contributed by atoms with E-state index in [2.05, 4.69) is 0 Å². The van der Waals surface area contributed by atoms with E-state index in [1.54, 1.807) is 0 Å². The van der Waals surface area contributed by atoms with Gasteiger partial charge >= 0.3 is 0 Å². The third kappa shape index (κ3) is 2.26. The van der Waals surface area contributed by atoms with E-state index in [1.807, 2.05) is 50.2 Å². The van der Waals surface area contributed by atoms with E-state index < -0.39 is 0 Å². The summed E-state index contributed by atoms with van der Waals surface area (Å²) in [4.78, 5) is 0. The van der Waals surface area contributed by atoms with Crippen molar-refractivity contribution in [3.63, 3.8) is 0 Å². The molecule has 0 aromatic heterocycles. The van der Waals surface area contributed by atoms with E-state index >= 15 is 0 Å². The van der Waals surface area contributed by atoms with Gasteiger partial charge in [-0.3, -0.25) is 0 Å². The van der Waals surface area contributed by atoms with Crippen molar-refractivity contribution in [1.82, 2.24) is 0 Å². The number of benzene rings is 2. The zero-order chi connectivity index (χ0) is 12.4. The van der Waals surface area contributed by atoms with Gasteiger partial charge < -0.3 is 10.2 Å². The average molecular weight is 228 g/mol. The summed E-state index contributed by atoms with van der Waals surface area (Å²) >= 11 is 0. The number of rotatable bonds is 2. The van der Waals surface area contributed by atoms with Gasteiger partial charge in [-0.25, -0.2) is 0 Å². The van der Waals surface area contributed by atoms with Gasteiger partial charge in [0.1, 0.15) is 11.5 Å². The first-order valence-corrected chi connectivity index (χ1v) is 5.67. The lowest BCUT2D eigenvalue weighted by atomic mass is 9.91. The first kappa shape index (κ1) is 11.5. The van der Waals surface area contributed by atoms with Crippen LogP contribution in [0.1, 0.15) is 29.5 Å². The number of phenolic OH excluding ortho intramolecular Hbond substituents is 2. The molecule has 2 heteroatoms. The standard InChI is InChI=1S/C15H16O2/c1-10-8-13(15(17)9-14(10)16)11(2)12-6-4-3-5-7-12/h3-9,11,16-17H,1-2H3. The summed E-state index contributed by atoms with van der Waals surface area (Å²) in [6, 6.07) is 13.2. The molecule has 0 aliphatic rings. The predicted molar refractivity (Wildman–Crippen MR) is 68.5 cm³/mol. The Kier molecular flexibility index (Phi) is 3.05. The molecule has 1 unspecified atom stereocenters. The molecule has 88 valence electrons. The van der Waals surface area contributed by atoms with Gasteiger partial charge in [0.2, 0.25) is 0 Å². The van der Waals surface area contributed by atoms with Crippen LogP contribution in [-0.2, 0) is 0 Å². The lowest BCUT2D eigenvalue weighted by Crippen LogP contribution is -1.97. The molecule has 2 rings (SSSR count). The highest BCUT2D eigenvalue weighted by molar-refractivity contribution is 5.48. The van der Waals surface area contributed by atoms with Gasteiger partial charge in [-0.1, -0.05) is 37.3 Å². The molecule has 0 fully saturated rings. The maximum Gasteiger partial charge on any atom is 0.123 e. The van der Waals surface area contributed by atoms with Crippen molar-refractivity contribution in [2.75, 3.05) is 0 Å². The molecule has 2 aromatic carbocycles. The van der Waals surface area contributed by atoms with Gasteiger partial charge in [0.05, 0.1) is 0 Å². The summed E-state index contributed by atoms with van der Waals surface area (Å²) in [7, 11) is 0. The van der Waals surface area contributed by atoms with Crippen LogP contribution < -0.4 is 0 Å². The Bertz CT molecular complexity index is 518. The van der Waals surface area contributed by atoms with E-state index in [-0.39, 0.29) is 17.4 Å². The van der Waals surface area contributed by atoms with Crippen LogP contribution >= 0.6 is 0 Å². The van der Waals surface area contributed by atoms with Gasteiger partial charge in [0, 0.05) is 17.5 Å². The molecule has 0 bridgehead atoms. The highest BCUT2D eigenvalue weighted by atomic mass is 16.3. The topological polar surface area (TPSA) is 40.5 Å². The van der Waals surface area contributed by atoms with Crippen LogP contribution in [0.5, 0.6) is 11.5 Å². The number of aromatic hydroxyl groups is 2. The Morgan fingerprint density at radius 2 is 1.59 bits per heavy atom. The highest BCUT2D eigenvalue weighted by Crippen LogP contribution is 2.34. The van der Waals surface area contributed by atoms with Crippen LogP contribution in [0.25, 0.3) is 0 Å². The van der Waals surface area contributed by atoms with E-state index in [0.717, 1.165) is 16.7 Å². The largest absolute Gasteiger partial charge is 0.508 e. The SMILES string of the molecule is Cc1cc(C(C)c2ccccc2)c(O)cc1O. The van der Waals surface area contributed by atoms with E-state index in [0.29, 0.717) is 0 Å². The minimum Gasteiger partial charge on any atom is -0.508 e. The van der Waals surface area contributed by atoms with Crippen molar-refractivity contribution in [3.05, 3.63) is 59.2 Å². The maximum atomic E-state index is 9.89. The summed E-state index contributed by atoms with van der Waals surface area (Å²) in [5.41, 5.74) is 2.76. The quantitative estimate of drug-likeness (QED) is 0.825.